The number of nitrogens with zero attached hydrogens (tertiary/aromatic N) is 3. The average Bonchev–Trinajstić information content (AvgIpc) is 2.93. The summed E-state index contributed by atoms with van der Waals surface area (Å²) in [6.07, 6.45) is 1.15. The minimum absolute atomic E-state index is 0.0451. The number of benzene rings is 1. The van der Waals surface area contributed by atoms with E-state index in [9.17, 15) is 9.59 Å². The monoisotopic (exact) mass is 441 g/mol. The number of carbonyl (C=O) groups is 2. The number of amides is 2. The Balaban J connectivity index is 2.35. The van der Waals surface area contributed by atoms with Gasteiger partial charge in [-0.15, -0.1) is 0 Å². The van der Waals surface area contributed by atoms with Crippen LogP contribution < -0.4 is 10.6 Å². The Morgan fingerprint density at radius 1 is 1.31 bits per heavy atom. The smallest absolute Gasteiger partial charge is 0.414 e. The number of ether oxygens (including phenoxy) is 1. The Labute approximate surface area is 180 Å². The van der Waals surface area contributed by atoms with Crippen molar-refractivity contribution in [3.8, 4) is 0 Å². The van der Waals surface area contributed by atoms with Gasteiger partial charge in [0.2, 0.25) is 17.8 Å². The fourth-order valence-corrected chi connectivity index (χ4v) is 2.67. The van der Waals surface area contributed by atoms with Gasteiger partial charge < -0.3 is 9.64 Å². The minimum atomic E-state index is -0.718. The van der Waals surface area contributed by atoms with Crippen LogP contribution in [0.3, 0.4) is 0 Å². The van der Waals surface area contributed by atoms with Crippen LogP contribution in [0.1, 0.15) is 40.5 Å². The SMILES string of the molecule is CCCCN1CC(=O)NC1=NC(=Nc1ccc(Cl)c(Cl)c1)NC(=O)OC(C)(C)C. The molecular formula is C19H25Cl2N5O3. The fourth-order valence-electron chi connectivity index (χ4n) is 2.38. The van der Waals surface area contributed by atoms with E-state index in [0.717, 1.165) is 12.8 Å². The molecule has 29 heavy (non-hydrogen) atoms. The van der Waals surface area contributed by atoms with Crippen LogP contribution in [0.25, 0.3) is 0 Å². The van der Waals surface area contributed by atoms with Gasteiger partial charge in [0, 0.05) is 6.54 Å². The minimum Gasteiger partial charge on any atom is -0.444 e. The lowest BCUT2D eigenvalue weighted by atomic mass is 10.2. The predicted octanol–water partition coefficient (Wildman–Crippen LogP) is 4.09. The highest BCUT2D eigenvalue weighted by Crippen LogP contribution is 2.26. The summed E-state index contributed by atoms with van der Waals surface area (Å²) in [5.41, 5.74) is -0.264. The largest absolute Gasteiger partial charge is 0.444 e. The normalized spacial score (nSPS) is 16.2. The molecule has 8 nitrogen and oxygen atoms in total. The number of alkyl carbamates (subject to hydrolysis) is 1. The first-order valence-electron chi connectivity index (χ1n) is 9.24. The first-order valence-corrected chi connectivity index (χ1v) is 10.00. The summed E-state index contributed by atoms with van der Waals surface area (Å²) in [4.78, 5) is 34.6. The molecular weight excluding hydrogens is 417 g/mol. The van der Waals surface area contributed by atoms with Gasteiger partial charge in [-0.3, -0.25) is 15.4 Å². The molecule has 0 aliphatic carbocycles. The summed E-state index contributed by atoms with van der Waals surface area (Å²) in [5, 5.41) is 5.91. The molecule has 0 bridgehead atoms. The van der Waals surface area contributed by atoms with Gasteiger partial charge in [-0.2, -0.15) is 4.99 Å². The molecule has 2 rings (SSSR count). The lowest BCUT2D eigenvalue weighted by molar-refractivity contribution is -0.118. The molecule has 2 amide bonds. The second kappa shape index (κ2) is 9.93. The molecule has 1 heterocycles. The zero-order chi connectivity index (χ0) is 21.6. The first-order chi connectivity index (χ1) is 13.6. The van der Waals surface area contributed by atoms with Crippen molar-refractivity contribution in [2.75, 3.05) is 13.1 Å². The van der Waals surface area contributed by atoms with E-state index in [1.807, 2.05) is 0 Å². The third kappa shape index (κ3) is 7.55. The Bertz CT molecular complexity index is 834. The van der Waals surface area contributed by atoms with Crippen molar-refractivity contribution in [1.29, 1.82) is 0 Å². The van der Waals surface area contributed by atoms with Crippen LogP contribution in [0.5, 0.6) is 0 Å². The van der Waals surface area contributed by atoms with Crippen LogP contribution in [-0.4, -0.2) is 47.5 Å². The van der Waals surface area contributed by atoms with Crippen molar-refractivity contribution in [2.24, 2.45) is 9.98 Å². The molecule has 0 spiro atoms. The van der Waals surface area contributed by atoms with Crippen LogP contribution in [0.4, 0.5) is 10.5 Å². The van der Waals surface area contributed by atoms with E-state index >= 15 is 0 Å². The number of hydrogen-bond acceptors (Lipinski definition) is 4. The van der Waals surface area contributed by atoms with E-state index < -0.39 is 11.7 Å². The molecule has 2 N–H and O–H groups in total. The molecule has 1 saturated heterocycles. The van der Waals surface area contributed by atoms with E-state index in [-0.39, 0.29) is 18.4 Å². The predicted molar refractivity (Wildman–Crippen MR) is 115 cm³/mol. The van der Waals surface area contributed by atoms with Crippen molar-refractivity contribution in [1.82, 2.24) is 15.5 Å². The third-order valence-corrected chi connectivity index (χ3v) is 4.37. The second-order valence-electron chi connectivity index (χ2n) is 7.42. The van der Waals surface area contributed by atoms with Crippen molar-refractivity contribution in [3.63, 3.8) is 0 Å². The number of unbranched alkanes of at least 4 members (excludes halogenated alkanes) is 1. The fraction of sp³-hybridized carbons (Fsp3) is 0.474. The van der Waals surface area contributed by atoms with E-state index in [0.29, 0.717) is 28.2 Å². The quantitative estimate of drug-likeness (QED) is 0.542. The van der Waals surface area contributed by atoms with Crippen molar-refractivity contribution < 1.29 is 14.3 Å². The van der Waals surface area contributed by atoms with Gasteiger partial charge >= 0.3 is 6.09 Å². The van der Waals surface area contributed by atoms with Gasteiger partial charge in [0.25, 0.3) is 0 Å². The molecule has 1 aromatic rings. The maximum Gasteiger partial charge on any atom is 0.414 e. The summed E-state index contributed by atoms with van der Waals surface area (Å²) < 4.78 is 5.28. The Kier molecular flexibility index (Phi) is 7.87. The standard InChI is InChI=1S/C19H25Cl2N5O3/c1-5-6-9-26-11-15(27)23-17(26)24-16(25-18(28)29-19(2,3)4)22-12-7-8-13(20)14(21)10-12/h7-8,10H,5-6,9,11H2,1-4H3,(H2,22,23,24,25,27,28). The highest BCUT2D eigenvalue weighted by Gasteiger charge is 2.26. The van der Waals surface area contributed by atoms with Crippen LogP contribution in [0.15, 0.2) is 28.2 Å². The van der Waals surface area contributed by atoms with Gasteiger partial charge in [-0.05, 0) is 45.4 Å². The molecule has 1 aliphatic heterocycles. The highest BCUT2D eigenvalue weighted by atomic mass is 35.5. The van der Waals surface area contributed by atoms with E-state index in [2.05, 4.69) is 27.5 Å². The number of guanidine groups is 2. The van der Waals surface area contributed by atoms with Crippen molar-refractivity contribution >= 4 is 52.8 Å². The molecule has 158 valence electrons. The molecule has 0 unspecified atom stereocenters. The highest BCUT2D eigenvalue weighted by molar-refractivity contribution is 6.42. The lowest BCUT2D eigenvalue weighted by Gasteiger charge is -2.20. The maximum absolute atomic E-state index is 12.2. The van der Waals surface area contributed by atoms with Crippen LogP contribution >= 0.6 is 23.2 Å². The number of aliphatic imine (C=N–C) groups is 2. The summed E-state index contributed by atoms with van der Waals surface area (Å²) >= 11 is 12.0. The molecule has 1 aromatic carbocycles. The van der Waals surface area contributed by atoms with Gasteiger partial charge in [0.05, 0.1) is 15.7 Å². The first kappa shape index (κ1) is 23.0. The van der Waals surface area contributed by atoms with Crippen molar-refractivity contribution in [2.45, 2.75) is 46.1 Å². The molecule has 0 saturated carbocycles. The summed E-state index contributed by atoms with van der Waals surface area (Å²) in [6.45, 7) is 8.16. The topological polar surface area (TPSA) is 95.4 Å². The molecule has 0 aromatic heterocycles. The van der Waals surface area contributed by atoms with Gasteiger partial charge in [0.15, 0.2) is 0 Å². The number of rotatable bonds is 4. The number of nitrogens with one attached hydrogen (secondary N) is 2. The summed E-state index contributed by atoms with van der Waals surface area (Å²) in [6, 6.07) is 4.77. The molecule has 0 atom stereocenters. The Hall–Kier alpha value is -2.32. The molecule has 0 radical (unpaired) electrons. The number of hydrogen-bond donors (Lipinski definition) is 2. The lowest BCUT2D eigenvalue weighted by Crippen LogP contribution is -2.38. The van der Waals surface area contributed by atoms with E-state index in [1.54, 1.807) is 43.9 Å². The zero-order valence-corrected chi connectivity index (χ0v) is 18.4. The van der Waals surface area contributed by atoms with E-state index in [1.165, 1.54) is 0 Å². The summed E-state index contributed by atoms with van der Waals surface area (Å²) in [7, 11) is 0. The van der Waals surface area contributed by atoms with Crippen LogP contribution in [0, 0.1) is 0 Å². The number of halogens is 2. The number of carbonyl (C=O) groups excluding carboxylic acids is 2. The van der Waals surface area contributed by atoms with E-state index in [4.69, 9.17) is 27.9 Å². The zero-order valence-electron chi connectivity index (χ0n) is 16.9. The average molecular weight is 442 g/mol. The molecule has 1 aliphatic rings. The molecule has 10 heteroatoms. The van der Waals surface area contributed by atoms with Crippen molar-refractivity contribution in [3.05, 3.63) is 28.2 Å². The third-order valence-electron chi connectivity index (χ3n) is 3.63. The Morgan fingerprint density at radius 2 is 2.03 bits per heavy atom. The van der Waals surface area contributed by atoms with Gasteiger partial charge in [-0.25, -0.2) is 9.79 Å². The van der Waals surface area contributed by atoms with Gasteiger partial charge in [0.1, 0.15) is 12.1 Å². The maximum atomic E-state index is 12.2. The van der Waals surface area contributed by atoms with Crippen LogP contribution in [-0.2, 0) is 9.53 Å². The van der Waals surface area contributed by atoms with Crippen LogP contribution in [0.2, 0.25) is 10.0 Å². The van der Waals surface area contributed by atoms with Gasteiger partial charge in [-0.1, -0.05) is 36.5 Å². The summed E-state index contributed by atoms with van der Waals surface area (Å²) in [5.74, 6) is 0.0978. The molecule has 1 fully saturated rings. The second-order valence-corrected chi connectivity index (χ2v) is 8.23. The Morgan fingerprint density at radius 3 is 2.66 bits per heavy atom.